The quantitative estimate of drug-likeness (QED) is 0.876. The van der Waals surface area contributed by atoms with Gasteiger partial charge in [0, 0.05) is 18.8 Å². The average molecular weight is 284 g/mol. The van der Waals surface area contributed by atoms with Crippen LogP contribution in [0.1, 0.15) is 36.2 Å². The molecule has 0 unspecified atom stereocenters. The van der Waals surface area contributed by atoms with Gasteiger partial charge in [0.05, 0.1) is 5.69 Å². The van der Waals surface area contributed by atoms with E-state index in [0.29, 0.717) is 12.6 Å². The summed E-state index contributed by atoms with van der Waals surface area (Å²) in [6.07, 6.45) is 1.91. The molecule has 0 atom stereocenters. The zero-order valence-electron chi connectivity index (χ0n) is 13.3. The van der Waals surface area contributed by atoms with Crippen LogP contribution in [0, 0.1) is 13.8 Å². The smallest absolute Gasteiger partial charge is 0.130 e. The van der Waals surface area contributed by atoms with Crippen molar-refractivity contribution < 1.29 is 4.74 Å². The molecule has 1 heterocycles. The lowest BCUT2D eigenvalue weighted by Crippen LogP contribution is -2.21. The highest BCUT2D eigenvalue weighted by atomic mass is 16.5. The Bertz CT molecular complexity index is 576. The Kier molecular flexibility index (Phi) is 5.34. The van der Waals surface area contributed by atoms with Crippen LogP contribution in [-0.2, 0) is 13.2 Å². The molecule has 0 fully saturated rings. The predicted molar refractivity (Wildman–Crippen MR) is 86.5 cm³/mol. The van der Waals surface area contributed by atoms with Crippen LogP contribution in [0.15, 0.2) is 36.5 Å². The van der Waals surface area contributed by atoms with Gasteiger partial charge < -0.3 is 10.1 Å². The van der Waals surface area contributed by atoms with Crippen molar-refractivity contribution in [2.45, 2.75) is 46.9 Å². The molecule has 21 heavy (non-hydrogen) atoms. The fourth-order valence-electron chi connectivity index (χ4n) is 2.08. The lowest BCUT2D eigenvalue weighted by molar-refractivity contribution is 0.299. The van der Waals surface area contributed by atoms with Crippen molar-refractivity contribution in [2.75, 3.05) is 0 Å². The summed E-state index contributed by atoms with van der Waals surface area (Å²) < 4.78 is 5.84. The first-order chi connectivity index (χ1) is 10.0. The fourth-order valence-corrected chi connectivity index (χ4v) is 2.08. The van der Waals surface area contributed by atoms with Crippen LogP contribution in [0.4, 0.5) is 0 Å². The minimum absolute atomic E-state index is 0.484. The number of ether oxygens (including phenoxy) is 1. The Morgan fingerprint density at radius 1 is 1.14 bits per heavy atom. The molecule has 0 aliphatic carbocycles. The maximum Gasteiger partial charge on any atom is 0.130 e. The van der Waals surface area contributed by atoms with Crippen molar-refractivity contribution >= 4 is 0 Å². The third-order valence-electron chi connectivity index (χ3n) is 3.31. The van der Waals surface area contributed by atoms with Gasteiger partial charge in [-0.3, -0.25) is 4.98 Å². The number of nitrogens with zero attached hydrogens (tertiary/aromatic N) is 1. The molecule has 0 radical (unpaired) electrons. The Morgan fingerprint density at radius 3 is 2.57 bits per heavy atom. The summed E-state index contributed by atoms with van der Waals surface area (Å²) in [5, 5.41) is 3.38. The van der Waals surface area contributed by atoms with Crippen molar-refractivity contribution in [3.63, 3.8) is 0 Å². The number of benzene rings is 1. The van der Waals surface area contributed by atoms with Crippen LogP contribution >= 0.6 is 0 Å². The van der Waals surface area contributed by atoms with E-state index in [0.717, 1.165) is 23.6 Å². The van der Waals surface area contributed by atoms with E-state index < -0.39 is 0 Å². The van der Waals surface area contributed by atoms with Gasteiger partial charge in [0.15, 0.2) is 0 Å². The standard InChI is InChI=1S/C18H24N2O/c1-13(2)19-10-16-6-7-17(20-11-16)12-21-18-8-5-14(3)9-15(18)4/h5-9,11,13,19H,10,12H2,1-4H3. The average Bonchev–Trinajstić information content (AvgIpc) is 2.45. The maximum absolute atomic E-state index is 5.84. The summed E-state index contributed by atoms with van der Waals surface area (Å²) in [6.45, 7) is 9.78. The van der Waals surface area contributed by atoms with Gasteiger partial charge >= 0.3 is 0 Å². The first-order valence-electron chi connectivity index (χ1n) is 7.42. The Morgan fingerprint density at radius 2 is 1.95 bits per heavy atom. The summed E-state index contributed by atoms with van der Waals surface area (Å²) in [7, 11) is 0. The van der Waals surface area contributed by atoms with Gasteiger partial charge in [-0.25, -0.2) is 0 Å². The monoisotopic (exact) mass is 284 g/mol. The summed E-state index contributed by atoms with van der Waals surface area (Å²) >= 11 is 0. The van der Waals surface area contributed by atoms with Crippen molar-refractivity contribution in [1.82, 2.24) is 10.3 Å². The molecule has 2 aromatic rings. The molecule has 0 bridgehead atoms. The van der Waals surface area contributed by atoms with Gasteiger partial charge in [-0.1, -0.05) is 37.6 Å². The SMILES string of the molecule is Cc1ccc(OCc2ccc(CNC(C)C)cn2)c(C)c1. The highest BCUT2D eigenvalue weighted by molar-refractivity contribution is 5.35. The fraction of sp³-hybridized carbons (Fsp3) is 0.389. The van der Waals surface area contributed by atoms with Crippen LogP contribution < -0.4 is 10.1 Å². The molecule has 0 spiro atoms. The number of hydrogen-bond acceptors (Lipinski definition) is 3. The molecule has 3 nitrogen and oxygen atoms in total. The second kappa shape index (κ2) is 7.23. The van der Waals surface area contributed by atoms with E-state index >= 15 is 0 Å². The number of rotatable bonds is 6. The second-order valence-electron chi connectivity index (χ2n) is 5.75. The van der Waals surface area contributed by atoms with Gasteiger partial charge in [0.25, 0.3) is 0 Å². The van der Waals surface area contributed by atoms with Gasteiger partial charge in [-0.2, -0.15) is 0 Å². The Labute approximate surface area is 127 Å². The lowest BCUT2D eigenvalue weighted by atomic mass is 10.1. The van der Waals surface area contributed by atoms with Gasteiger partial charge in [0.2, 0.25) is 0 Å². The molecule has 1 aromatic heterocycles. The highest BCUT2D eigenvalue weighted by Gasteiger charge is 2.02. The van der Waals surface area contributed by atoms with E-state index in [1.54, 1.807) is 0 Å². The van der Waals surface area contributed by atoms with E-state index in [2.05, 4.69) is 56.2 Å². The second-order valence-corrected chi connectivity index (χ2v) is 5.75. The largest absolute Gasteiger partial charge is 0.487 e. The molecular formula is C18H24N2O. The van der Waals surface area contributed by atoms with E-state index in [-0.39, 0.29) is 0 Å². The van der Waals surface area contributed by atoms with Crippen molar-refractivity contribution in [2.24, 2.45) is 0 Å². The Balaban J connectivity index is 1.91. The molecule has 0 aliphatic rings. The predicted octanol–water partition coefficient (Wildman–Crippen LogP) is 3.78. The van der Waals surface area contributed by atoms with Gasteiger partial charge in [-0.15, -0.1) is 0 Å². The van der Waals surface area contributed by atoms with Crippen LogP contribution in [0.5, 0.6) is 5.75 Å². The molecule has 0 saturated carbocycles. The number of hydrogen-bond donors (Lipinski definition) is 1. The van der Waals surface area contributed by atoms with E-state index in [1.165, 1.54) is 11.1 Å². The minimum Gasteiger partial charge on any atom is -0.487 e. The van der Waals surface area contributed by atoms with Crippen LogP contribution in [0.25, 0.3) is 0 Å². The van der Waals surface area contributed by atoms with Crippen molar-refractivity contribution in [1.29, 1.82) is 0 Å². The van der Waals surface area contributed by atoms with Crippen LogP contribution in [-0.4, -0.2) is 11.0 Å². The van der Waals surface area contributed by atoms with Crippen LogP contribution in [0.2, 0.25) is 0 Å². The Hall–Kier alpha value is -1.87. The zero-order chi connectivity index (χ0) is 15.2. The summed E-state index contributed by atoms with van der Waals surface area (Å²) in [5.74, 6) is 0.924. The zero-order valence-corrected chi connectivity index (χ0v) is 13.3. The molecular weight excluding hydrogens is 260 g/mol. The first-order valence-corrected chi connectivity index (χ1v) is 7.42. The first kappa shape index (κ1) is 15.5. The topological polar surface area (TPSA) is 34.1 Å². The van der Waals surface area contributed by atoms with Gasteiger partial charge in [-0.05, 0) is 37.1 Å². The lowest BCUT2D eigenvalue weighted by Gasteiger charge is -2.10. The molecule has 3 heteroatoms. The van der Waals surface area contributed by atoms with Crippen molar-refractivity contribution in [3.05, 3.63) is 58.9 Å². The van der Waals surface area contributed by atoms with Gasteiger partial charge in [0.1, 0.15) is 12.4 Å². The highest BCUT2D eigenvalue weighted by Crippen LogP contribution is 2.19. The van der Waals surface area contributed by atoms with E-state index in [9.17, 15) is 0 Å². The molecule has 0 amide bonds. The number of pyridine rings is 1. The van der Waals surface area contributed by atoms with E-state index in [1.807, 2.05) is 18.3 Å². The summed E-state index contributed by atoms with van der Waals surface area (Å²) in [4.78, 5) is 4.45. The number of aromatic nitrogens is 1. The molecule has 0 saturated heterocycles. The number of nitrogens with one attached hydrogen (secondary N) is 1. The minimum atomic E-state index is 0.484. The van der Waals surface area contributed by atoms with Crippen LogP contribution in [0.3, 0.4) is 0 Å². The molecule has 112 valence electrons. The molecule has 1 N–H and O–H groups in total. The molecule has 1 aromatic carbocycles. The molecule has 2 rings (SSSR count). The summed E-state index contributed by atoms with van der Waals surface area (Å²) in [6, 6.07) is 10.8. The number of aryl methyl sites for hydroxylation is 2. The van der Waals surface area contributed by atoms with Crippen molar-refractivity contribution in [3.8, 4) is 5.75 Å². The maximum atomic E-state index is 5.84. The summed E-state index contributed by atoms with van der Waals surface area (Å²) in [5.41, 5.74) is 4.55. The molecule has 0 aliphatic heterocycles. The third kappa shape index (κ3) is 4.87. The normalized spacial score (nSPS) is 10.9. The van der Waals surface area contributed by atoms with E-state index in [4.69, 9.17) is 4.74 Å². The third-order valence-corrected chi connectivity index (χ3v) is 3.31.